The predicted octanol–water partition coefficient (Wildman–Crippen LogP) is 5.04. The molecular weight excluding hydrogens is 434 g/mol. The van der Waals surface area contributed by atoms with E-state index in [9.17, 15) is 14.7 Å². The van der Waals surface area contributed by atoms with Crippen molar-refractivity contribution in [1.29, 1.82) is 0 Å². The maximum absolute atomic E-state index is 13.0. The molecule has 0 aliphatic carbocycles. The number of aliphatic carboxylic acids is 1. The lowest BCUT2D eigenvalue weighted by molar-refractivity contribution is -0.145. The van der Waals surface area contributed by atoms with Crippen LogP contribution in [0.3, 0.4) is 0 Å². The molecule has 1 heterocycles. The maximum atomic E-state index is 13.0. The van der Waals surface area contributed by atoms with Gasteiger partial charge in [-0.1, -0.05) is 54.7 Å². The zero-order chi connectivity index (χ0) is 22.5. The Morgan fingerprint density at radius 3 is 2.52 bits per heavy atom. The lowest BCUT2D eigenvalue weighted by Crippen LogP contribution is -2.27. The number of nitrogens with zero attached hydrogens (tertiary/aromatic N) is 1. The molecule has 3 rings (SSSR count). The van der Waals surface area contributed by atoms with E-state index in [1.807, 2.05) is 38.1 Å². The van der Waals surface area contributed by atoms with Gasteiger partial charge in [-0.25, -0.2) is 4.79 Å². The number of carbonyl (C=O) groups is 2. The van der Waals surface area contributed by atoms with Crippen LogP contribution in [-0.2, 0) is 9.59 Å². The summed E-state index contributed by atoms with van der Waals surface area (Å²) in [5, 5.41) is 9.26. The van der Waals surface area contributed by atoms with Crippen molar-refractivity contribution >= 4 is 51.9 Å². The van der Waals surface area contributed by atoms with Gasteiger partial charge in [0.25, 0.3) is 5.91 Å². The standard InChI is InChI=1S/C23H23NO5S2/c1-4-17(22(26)27)29-18-11-8-15(12-19(18)28-5-2)13-20-21(25)24(23(30)31-20)16-9-6-14(3)7-10-16/h6-13,17H,4-5H2,1-3H3,(H,26,27)/b20-13+. The Morgan fingerprint density at radius 1 is 1.19 bits per heavy atom. The molecule has 0 aromatic heterocycles. The third kappa shape index (κ3) is 5.26. The summed E-state index contributed by atoms with van der Waals surface area (Å²) in [6.45, 7) is 5.94. The highest BCUT2D eigenvalue weighted by molar-refractivity contribution is 8.27. The zero-order valence-corrected chi connectivity index (χ0v) is 19.1. The number of thiocarbonyl (C=S) groups is 1. The molecule has 1 N–H and O–H groups in total. The summed E-state index contributed by atoms with van der Waals surface area (Å²) in [4.78, 5) is 26.3. The number of hydrogen-bond donors (Lipinski definition) is 1. The molecule has 31 heavy (non-hydrogen) atoms. The molecule has 0 radical (unpaired) electrons. The second-order valence-electron chi connectivity index (χ2n) is 6.84. The fourth-order valence-electron chi connectivity index (χ4n) is 2.98. The van der Waals surface area contributed by atoms with Gasteiger partial charge in [-0.2, -0.15) is 0 Å². The molecule has 6 nitrogen and oxygen atoms in total. The Hall–Kier alpha value is -2.84. The maximum Gasteiger partial charge on any atom is 0.344 e. The van der Waals surface area contributed by atoms with Gasteiger partial charge in [-0.3, -0.25) is 9.69 Å². The van der Waals surface area contributed by atoms with Crippen LogP contribution in [0.1, 0.15) is 31.4 Å². The summed E-state index contributed by atoms with van der Waals surface area (Å²) in [6.07, 6.45) is 1.11. The summed E-state index contributed by atoms with van der Waals surface area (Å²) in [7, 11) is 0. The number of ether oxygens (including phenoxy) is 2. The molecule has 162 valence electrons. The van der Waals surface area contributed by atoms with Crippen LogP contribution in [0.2, 0.25) is 0 Å². The van der Waals surface area contributed by atoms with Gasteiger partial charge in [-0.05, 0) is 56.2 Å². The lowest BCUT2D eigenvalue weighted by atomic mass is 10.1. The summed E-state index contributed by atoms with van der Waals surface area (Å²) < 4.78 is 11.7. The molecule has 1 unspecified atom stereocenters. The van der Waals surface area contributed by atoms with E-state index in [-0.39, 0.29) is 5.91 Å². The average molecular weight is 458 g/mol. The lowest BCUT2D eigenvalue weighted by Gasteiger charge is -2.17. The molecular formula is C23H23NO5S2. The topological polar surface area (TPSA) is 76.1 Å². The molecule has 1 amide bonds. The third-order valence-electron chi connectivity index (χ3n) is 4.57. The monoisotopic (exact) mass is 457 g/mol. The molecule has 2 aromatic carbocycles. The highest BCUT2D eigenvalue weighted by Gasteiger charge is 2.33. The molecule has 1 aliphatic rings. The van der Waals surface area contributed by atoms with E-state index in [0.29, 0.717) is 33.8 Å². The number of rotatable bonds is 8. The Bertz CT molecular complexity index is 1030. The minimum absolute atomic E-state index is 0.186. The molecule has 1 fully saturated rings. The van der Waals surface area contributed by atoms with Gasteiger partial charge >= 0.3 is 5.97 Å². The second kappa shape index (κ2) is 9.98. The van der Waals surface area contributed by atoms with Crippen LogP contribution >= 0.6 is 24.0 Å². The number of carboxylic acid groups (broad SMARTS) is 1. The van der Waals surface area contributed by atoms with Gasteiger partial charge in [0.05, 0.1) is 17.2 Å². The van der Waals surface area contributed by atoms with Crippen molar-refractivity contribution in [2.24, 2.45) is 0 Å². The highest BCUT2D eigenvalue weighted by atomic mass is 32.2. The number of benzene rings is 2. The van der Waals surface area contributed by atoms with Gasteiger partial charge in [-0.15, -0.1) is 0 Å². The van der Waals surface area contributed by atoms with Crippen LogP contribution in [0.25, 0.3) is 6.08 Å². The molecule has 1 saturated heterocycles. The number of anilines is 1. The van der Waals surface area contributed by atoms with Crippen molar-refractivity contribution in [2.75, 3.05) is 11.5 Å². The van der Waals surface area contributed by atoms with Crippen LogP contribution in [0, 0.1) is 6.92 Å². The first kappa shape index (κ1) is 22.8. The minimum Gasteiger partial charge on any atom is -0.490 e. The minimum atomic E-state index is -1.03. The summed E-state index contributed by atoms with van der Waals surface area (Å²) in [5.74, 6) is -0.451. The van der Waals surface area contributed by atoms with Crippen LogP contribution in [0.4, 0.5) is 5.69 Å². The SMILES string of the molecule is CCOc1cc(/C=C2/SC(=S)N(c3ccc(C)cc3)C2=O)ccc1OC(CC)C(=O)O. The smallest absolute Gasteiger partial charge is 0.344 e. The van der Waals surface area contributed by atoms with E-state index in [1.165, 1.54) is 16.7 Å². The molecule has 1 aliphatic heterocycles. The Kier molecular flexibility index (Phi) is 7.35. The molecule has 0 saturated carbocycles. The number of amides is 1. The molecule has 0 spiro atoms. The van der Waals surface area contributed by atoms with Crippen molar-refractivity contribution in [3.8, 4) is 11.5 Å². The van der Waals surface area contributed by atoms with Crippen LogP contribution < -0.4 is 14.4 Å². The number of hydrogen-bond acceptors (Lipinski definition) is 6. The van der Waals surface area contributed by atoms with Gasteiger partial charge in [0.2, 0.25) is 0 Å². The summed E-state index contributed by atoms with van der Waals surface area (Å²) >= 11 is 6.66. The quantitative estimate of drug-likeness (QED) is 0.439. The Balaban J connectivity index is 1.88. The fraction of sp³-hybridized carbons (Fsp3) is 0.261. The van der Waals surface area contributed by atoms with E-state index in [0.717, 1.165) is 16.8 Å². The van der Waals surface area contributed by atoms with Gasteiger partial charge in [0.1, 0.15) is 0 Å². The largest absolute Gasteiger partial charge is 0.490 e. The van der Waals surface area contributed by atoms with Gasteiger partial charge in [0.15, 0.2) is 21.9 Å². The highest BCUT2D eigenvalue weighted by Crippen LogP contribution is 2.37. The van der Waals surface area contributed by atoms with Crippen LogP contribution in [-0.4, -0.2) is 34.0 Å². The first-order valence-electron chi connectivity index (χ1n) is 9.85. The number of aryl methyl sites for hydroxylation is 1. The average Bonchev–Trinajstić information content (AvgIpc) is 3.01. The molecule has 0 bridgehead atoms. The van der Waals surface area contributed by atoms with E-state index in [4.69, 9.17) is 21.7 Å². The second-order valence-corrected chi connectivity index (χ2v) is 8.52. The fourth-order valence-corrected chi connectivity index (χ4v) is 4.28. The normalized spacial score (nSPS) is 16.0. The number of thioether (sulfide) groups is 1. The Labute approximate surface area is 190 Å². The zero-order valence-electron chi connectivity index (χ0n) is 17.5. The van der Waals surface area contributed by atoms with Crippen molar-refractivity contribution in [1.82, 2.24) is 0 Å². The predicted molar refractivity (Wildman–Crippen MR) is 127 cm³/mol. The van der Waals surface area contributed by atoms with E-state index in [1.54, 1.807) is 31.2 Å². The van der Waals surface area contributed by atoms with E-state index in [2.05, 4.69) is 0 Å². The van der Waals surface area contributed by atoms with Crippen molar-refractivity contribution in [3.63, 3.8) is 0 Å². The first-order valence-corrected chi connectivity index (χ1v) is 11.1. The van der Waals surface area contributed by atoms with Crippen LogP contribution in [0.5, 0.6) is 11.5 Å². The van der Waals surface area contributed by atoms with E-state index >= 15 is 0 Å². The van der Waals surface area contributed by atoms with Crippen LogP contribution in [0.15, 0.2) is 47.4 Å². The van der Waals surface area contributed by atoms with Crippen molar-refractivity contribution in [3.05, 3.63) is 58.5 Å². The molecule has 8 heteroatoms. The van der Waals surface area contributed by atoms with Crippen molar-refractivity contribution in [2.45, 2.75) is 33.3 Å². The summed E-state index contributed by atoms with van der Waals surface area (Å²) in [5.41, 5.74) is 2.56. The number of carboxylic acids is 1. The van der Waals surface area contributed by atoms with E-state index < -0.39 is 12.1 Å². The Morgan fingerprint density at radius 2 is 1.90 bits per heavy atom. The summed E-state index contributed by atoms with van der Waals surface area (Å²) in [6, 6.07) is 12.8. The molecule has 2 aromatic rings. The first-order chi connectivity index (χ1) is 14.8. The van der Waals surface area contributed by atoms with Gasteiger partial charge < -0.3 is 14.6 Å². The third-order valence-corrected chi connectivity index (χ3v) is 5.87. The van der Waals surface area contributed by atoms with Crippen molar-refractivity contribution < 1.29 is 24.2 Å². The number of carbonyl (C=O) groups excluding carboxylic acids is 1. The molecule has 1 atom stereocenters. The van der Waals surface area contributed by atoms with Gasteiger partial charge in [0, 0.05) is 0 Å².